The van der Waals surface area contributed by atoms with Gasteiger partial charge in [-0.15, -0.1) is 0 Å². The highest BCUT2D eigenvalue weighted by Crippen LogP contribution is 2.10. The number of carbonyl (C=O) groups excluding carboxylic acids is 7. The van der Waals surface area contributed by atoms with Crippen molar-refractivity contribution in [2.24, 2.45) is 5.92 Å². The maximum absolute atomic E-state index is 13.3. The van der Waals surface area contributed by atoms with Crippen molar-refractivity contribution in [3.63, 3.8) is 0 Å². The molecule has 0 aliphatic heterocycles. The van der Waals surface area contributed by atoms with Crippen LogP contribution in [-0.4, -0.2) is 97.8 Å². The number of esters is 2. The van der Waals surface area contributed by atoms with Crippen LogP contribution in [0.5, 0.6) is 0 Å². The van der Waals surface area contributed by atoms with Crippen LogP contribution in [0.25, 0.3) is 0 Å². The van der Waals surface area contributed by atoms with Gasteiger partial charge in [-0.3, -0.25) is 28.8 Å². The summed E-state index contributed by atoms with van der Waals surface area (Å²) in [5.41, 5.74) is 0.712. The van der Waals surface area contributed by atoms with Crippen molar-refractivity contribution in [1.29, 1.82) is 0 Å². The lowest BCUT2D eigenvalue weighted by molar-refractivity contribution is -0.144. The van der Waals surface area contributed by atoms with Crippen molar-refractivity contribution in [3.05, 3.63) is 35.9 Å². The first-order valence-electron chi connectivity index (χ1n) is 14.5. The summed E-state index contributed by atoms with van der Waals surface area (Å²) in [6.07, 6.45) is -3.68. The Morgan fingerprint density at radius 1 is 0.783 bits per heavy atom. The molecule has 46 heavy (non-hydrogen) atoms. The maximum atomic E-state index is 13.3. The van der Waals surface area contributed by atoms with E-state index in [-0.39, 0.29) is 31.8 Å². The molecule has 0 aromatic heterocycles. The Morgan fingerprint density at radius 3 is 1.91 bits per heavy atom. The number of amides is 4. The van der Waals surface area contributed by atoms with Crippen molar-refractivity contribution in [1.82, 2.24) is 21.3 Å². The van der Waals surface area contributed by atoms with E-state index in [0.29, 0.717) is 5.56 Å². The summed E-state index contributed by atoms with van der Waals surface area (Å²) in [7, 11) is 2.15. The summed E-state index contributed by atoms with van der Waals surface area (Å²) in [5, 5.41) is 19.6. The minimum absolute atomic E-state index is 0.0624. The summed E-state index contributed by atoms with van der Waals surface area (Å²) < 4.78 is 27.4. The van der Waals surface area contributed by atoms with Crippen LogP contribution < -0.4 is 21.3 Å². The highest BCUT2D eigenvalue weighted by molar-refractivity contribution is 5.97. The minimum atomic E-state index is -1.74. The summed E-state index contributed by atoms with van der Waals surface area (Å²) in [6.45, 7) is 3.16. The number of hydrogen-bond acceptors (Lipinski definition) is 11. The molecule has 0 saturated heterocycles. The van der Waals surface area contributed by atoms with Crippen LogP contribution in [0, 0.1) is 5.92 Å². The first kappa shape index (κ1) is 39.4. The summed E-state index contributed by atoms with van der Waals surface area (Å²) in [6, 6.07) is 2.78. The average Bonchev–Trinajstić information content (AvgIpc) is 3.02. The molecule has 15 nitrogen and oxygen atoms in total. The topological polar surface area (TPSA) is 216 Å². The van der Waals surface area contributed by atoms with Gasteiger partial charge in [0.2, 0.25) is 17.7 Å². The van der Waals surface area contributed by atoms with Crippen molar-refractivity contribution in [2.75, 3.05) is 20.9 Å². The zero-order valence-corrected chi connectivity index (χ0v) is 26.5. The van der Waals surface area contributed by atoms with E-state index in [1.54, 1.807) is 44.2 Å². The van der Waals surface area contributed by atoms with Gasteiger partial charge < -0.3 is 40.6 Å². The predicted octanol–water partition coefficient (Wildman–Crippen LogP) is 0.218. The molecule has 0 bridgehead atoms. The third-order valence-corrected chi connectivity index (χ3v) is 6.52. The molecule has 16 heteroatoms. The van der Waals surface area contributed by atoms with E-state index in [2.05, 4.69) is 30.7 Å². The number of Topliss-reactive ketones (excluding diaryl/α,β-unsaturated/α-hetero) is 1. The number of hydrogen-bond donors (Lipinski definition) is 5. The normalized spacial score (nSPS) is 14.0. The number of ether oxygens (including phenoxy) is 3. The fourth-order valence-electron chi connectivity index (χ4n) is 4.02. The second-order valence-electron chi connectivity index (χ2n) is 10.7. The van der Waals surface area contributed by atoms with E-state index in [1.165, 1.54) is 0 Å². The van der Waals surface area contributed by atoms with E-state index in [0.717, 1.165) is 21.1 Å². The number of alkyl carbamates (subject to hydrolysis) is 1. The molecular weight excluding hydrogens is 611 g/mol. The van der Waals surface area contributed by atoms with Gasteiger partial charge in [-0.05, 0) is 31.2 Å². The molecule has 2 unspecified atom stereocenters. The number of ketones is 1. The molecule has 0 heterocycles. The molecule has 0 aliphatic carbocycles. The Bertz CT molecular complexity index is 1200. The number of benzene rings is 1. The van der Waals surface area contributed by atoms with E-state index in [4.69, 9.17) is 4.74 Å². The zero-order chi connectivity index (χ0) is 34.8. The van der Waals surface area contributed by atoms with Gasteiger partial charge in [0.15, 0.2) is 5.78 Å². The molecule has 5 atom stereocenters. The van der Waals surface area contributed by atoms with Crippen LogP contribution in [-0.2, 0) is 49.6 Å². The molecule has 5 N–H and O–H groups in total. The van der Waals surface area contributed by atoms with Crippen LogP contribution >= 0.6 is 0 Å². The van der Waals surface area contributed by atoms with Crippen LogP contribution in [0.15, 0.2) is 30.3 Å². The number of alkyl halides is 1. The van der Waals surface area contributed by atoms with Crippen molar-refractivity contribution in [3.8, 4) is 0 Å². The molecule has 1 aromatic carbocycles. The van der Waals surface area contributed by atoms with Gasteiger partial charge in [-0.2, -0.15) is 0 Å². The molecule has 0 saturated carbocycles. The van der Waals surface area contributed by atoms with Crippen molar-refractivity contribution < 1.29 is 57.3 Å². The number of carbonyl (C=O) groups is 7. The predicted molar refractivity (Wildman–Crippen MR) is 159 cm³/mol. The fraction of sp³-hybridized carbons (Fsp3) is 0.567. The van der Waals surface area contributed by atoms with E-state index in [9.17, 15) is 43.1 Å². The first-order chi connectivity index (χ1) is 21.7. The molecule has 1 rings (SSSR count). The van der Waals surface area contributed by atoms with E-state index < -0.39 is 84.9 Å². The maximum Gasteiger partial charge on any atom is 0.408 e. The Labute approximate surface area is 266 Å². The van der Waals surface area contributed by atoms with Crippen molar-refractivity contribution >= 4 is 41.5 Å². The quantitative estimate of drug-likeness (QED) is 0.100. The highest BCUT2D eigenvalue weighted by atomic mass is 19.1. The average molecular weight is 655 g/mol. The molecule has 0 spiro atoms. The highest BCUT2D eigenvalue weighted by Gasteiger charge is 2.34. The second-order valence-corrected chi connectivity index (χ2v) is 10.7. The van der Waals surface area contributed by atoms with Gasteiger partial charge >= 0.3 is 18.0 Å². The number of rotatable bonds is 19. The Morgan fingerprint density at radius 2 is 1.37 bits per heavy atom. The summed E-state index contributed by atoms with van der Waals surface area (Å²) in [4.78, 5) is 87.6. The third-order valence-electron chi connectivity index (χ3n) is 6.52. The van der Waals surface area contributed by atoms with Crippen LogP contribution in [0.3, 0.4) is 0 Å². The molecule has 256 valence electrons. The minimum Gasteiger partial charge on any atom is -0.469 e. The number of methoxy groups -OCH3 is 2. The second kappa shape index (κ2) is 20.4. The number of aliphatic hydroxyl groups is 1. The van der Waals surface area contributed by atoms with Gasteiger partial charge in [-0.25, -0.2) is 9.18 Å². The lowest BCUT2D eigenvalue weighted by Crippen LogP contribution is -2.60. The standard InChI is InChI=1S/C30H43FN4O11/c1-17(2)13-22(34-30(43)46-16-19-9-7-6-8-10-19)28(41)32-20(11-12-24(38)44-4)27(40)35-26(18(3)36)29(42)33-21(23(37)15-31)14-25(39)45-5/h6-10,17-18,20-22,26,36H,11-16H2,1-5H3,(H,32,41)(H,33,42)(H,34,43)(H,35,40)/t18-,20?,21?,22+,26+/m1/s1. The Balaban J connectivity index is 3.13. The third kappa shape index (κ3) is 14.5. The monoisotopic (exact) mass is 654 g/mol. The van der Waals surface area contributed by atoms with Gasteiger partial charge in [0.1, 0.15) is 37.4 Å². The molecule has 0 fully saturated rings. The summed E-state index contributed by atoms with van der Waals surface area (Å²) in [5.74, 6) is -5.85. The van der Waals surface area contributed by atoms with Crippen LogP contribution in [0.2, 0.25) is 0 Å². The lowest BCUT2D eigenvalue weighted by atomic mass is 10.0. The van der Waals surface area contributed by atoms with Gasteiger partial charge in [0.25, 0.3) is 0 Å². The van der Waals surface area contributed by atoms with Crippen LogP contribution in [0.4, 0.5) is 9.18 Å². The largest absolute Gasteiger partial charge is 0.469 e. The van der Waals surface area contributed by atoms with Gasteiger partial charge in [0.05, 0.1) is 26.7 Å². The Kier molecular flexibility index (Phi) is 17.5. The van der Waals surface area contributed by atoms with Gasteiger partial charge in [0, 0.05) is 6.42 Å². The lowest BCUT2D eigenvalue weighted by Gasteiger charge is -2.27. The number of nitrogens with one attached hydrogen (secondary N) is 4. The number of halogens is 1. The fourth-order valence-corrected chi connectivity index (χ4v) is 4.02. The van der Waals surface area contributed by atoms with Crippen LogP contribution in [0.1, 0.15) is 52.0 Å². The molecular formula is C30H43FN4O11. The molecule has 1 aromatic rings. The SMILES string of the molecule is COC(=O)CCC(NC(=O)[C@H](CC(C)C)NC(=O)OCc1ccccc1)C(=O)N[C@H](C(=O)NC(CC(=O)OC)C(=O)CF)[C@@H](C)O. The summed E-state index contributed by atoms with van der Waals surface area (Å²) >= 11 is 0. The molecule has 0 aliphatic rings. The number of aliphatic hydroxyl groups excluding tert-OH is 1. The van der Waals surface area contributed by atoms with Crippen molar-refractivity contribution in [2.45, 2.75) is 83.3 Å². The first-order valence-corrected chi connectivity index (χ1v) is 14.5. The smallest absolute Gasteiger partial charge is 0.408 e. The van der Waals surface area contributed by atoms with Gasteiger partial charge in [-0.1, -0.05) is 44.2 Å². The van der Waals surface area contributed by atoms with E-state index in [1.807, 2.05) is 0 Å². The molecule has 4 amide bonds. The zero-order valence-electron chi connectivity index (χ0n) is 26.5. The van der Waals surface area contributed by atoms with E-state index >= 15 is 0 Å². The Hall–Kier alpha value is -4.60. The molecule has 0 radical (unpaired) electrons.